The van der Waals surface area contributed by atoms with Gasteiger partial charge in [0.15, 0.2) is 0 Å². The van der Waals surface area contributed by atoms with Crippen molar-refractivity contribution < 1.29 is 19.5 Å². The lowest BCUT2D eigenvalue weighted by Crippen LogP contribution is -2.07. The molecule has 0 aliphatic heterocycles. The van der Waals surface area contributed by atoms with Crippen LogP contribution in [0.25, 0.3) is 11.1 Å². The van der Waals surface area contributed by atoms with Crippen LogP contribution in [0, 0.1) is 17.1 Å². The van der Waals surface area contributed by atoms with Crippen LogP contribution in [0.3, 0.4) is 0 Å². The molecule has 5 nitrogen and oxygen atoms in total. The van der Waals surface area contributed by atoms with E-state index in [9.17, 15) is 9.18 Å². The van der Waals surface area contributed by atoms with Crippen molar-refractivity contribution >= 4 is 11.7 Å². The van der Waals surface area contributed by atoms with Crippen molar-refractivity contribution in [1.82, 2.24) is 0 Å². The van der Waals surface area contributed by atoms with E-state index in [0.717, 1.165) is 5.56 Å². The van der Waals surface area contributed by atoms with E-state index < -0.39 is 11.8 Å². The first-order valence-electron chi connectivity index (χ1n) is 6.78. The predicted molar refractivity (Wildman–Crippen MR) is 81.7 cm³/mol. The lowest BCUT2D eigenvalue weighted by Gasteiger charge is -2.08. The molecule has 0 aromatic heterocycles. The van der Waals surface area contributed by atoms with Crippen LogP contribution in [0.1, 0.15) is 24.0 Å². The van der Waals surface area contributed by atoms with Gasteiger partial charge in [0.25, 0.3) is 0 Å². The van der Waals surface area contributed by atoms with Gasteiger partial charge in [0.1, 0.15) is 5.82 Å². The smallest absolute Gasteiger partial charge is 0.303 e. The number of nitriles is 1. The molecule has 0 radical (unpaired) electrons. The third kappa shape index (κ3) is 3.92. The van der Waals surface area contributed by atoms with Crippen LogP contribution >= 0.6 is 0 Å². The number of carboxylic acid groups (broad SMARTS) is 1. The fourth-order valence-electron chi connectivity index (χ4n) is 2.13. The lowest BCUT2D eigenvalue weighted by atomic mass is 9.99. The number of nitrogens with zero attached hydrogens (tertiary/aromatic N) is 2. The van der Waals surface area contributed by atoms with Crippen molar-refractivity contribution in [2.75, 3.05) is 0 Å². The van der Waals surface area contributed by atoms with Crippen molar-refractivity contribution in [3.8, 4) is 17.2 Å². The Morgan fingerprint density at radius 1 is 1.13 bits per heavy atom. The van der Waals surface area contributed by atoms with Crippen molar-refractivity contribution in [2.24, 2.45) is 5.16 Å². The van der Waals surface area contributed by atoms with Gasteiger partial charge in [-0.1, -0.05) is 23.4 Å². The second-order valence-electron chi connectivity index (χ2n) is 4.82. The molecule has 0 atom stereocenters. The molecule has 0 amide bonds. The first-order chi connectivity index (χ1) is 11.0. The molecule has 0 heterocycles. The molecule has 23 heavy (non-hydrogen) atoms. The van der Waals surface area contributed by atoms with Crippen LogP contribution in [0.5, 0.6) is 0 Å². The number of halogens is 1. The molecular weight excluding hydrogens is 299 g/mol. The van der Waals surface area contributed by atoms with Gasteiger partial charge in [-0.3, -0.25) is 4.79 Å². The summed E-state index contributed by atoms with van der Waals surface area (Å²) in [6, 6.07) is 13.1. The average molecular weight is 312 g/mol. The largest absolute Gasteiger partial charge is 0.481 e. The van der Waals surface area contributed by atoms with E-state index >= 15 is 0 Å². The minimum absolute atomic E-state index is 0.0173. The Hall–Kier alpha value is -3.20. The fourth-order valence-corrected chi connectivity index (χ4v) is 2.13. The van der Waals surface area contributed by atoms with Crippen molar-refractivity contribution in [1.29, 1.82) is 5.26 Å². The van der Waals surface area contributed by atoms with Crippen LogP contribution in [-0.4, -0.2) is 22.0 Å². The minimum atomic E-state index is -1.05. The lowest BCUT2D eigenvalue weighted by molar-refractivity contribution is -0.136. The quantitative estimate of drug-likeness (QED) is 0.502. The third-order valence-corrected chi connectivity index (χ3v) is 3.32. The van der Waals surface area contributed by atoms with Crippen molar-refractivity contribution in [2.45, 2.75) is 12.8 Å². The van der Waals surface area contributed by atoms with E-state index in [1.165, 1.54) is 12.1 Å². The maximum absolute atomic E-state index is 14.3. The Kier molecular flexibility index (Phi) is 5.05. The third-order valence-electron chi connectivity index (χ3n) is 3.32. The zero-order valence-electron chi connectivity index (χ0n) is 12.0. The molecule has 0 saturated heterocycles. The van der Waals surface area contributed by atoms with E-state index in [1.807, 2.05) is 6.07 Å². The SMILES string of the molecule is N#Cc1ccc(-c2ccc(/C(CCC(=O)O)=N/O)c(F)c2)cc1. The second kappa shape index (κ2) is 7.18. The standard InChI is InChI=1S/C17H13FN2O3/c18-15-9-13(12-3-1-11(10-19)2-4-12)5-6-14(15)16(20-23)7-8-17(21)22/h1-6,9,23H,7-8H2,(H,21,22)/b20-16+. The van der Waals surface area contributed by atoms with Gasteiger partial charge in [0.2, 0.25) is 0 Å². The molecule has 2 rings (SSSR count). The van der Waals surface area contributed by atoms with Crippen LogP contribution in [0.4, 0.5) is 4.39 Å². The Morgan fingerprint density at radius 2 is 1.78 bits per heavy atom. The van der Waals surface area contributed by atoms with Crippen LogP contribution in [-0.2, 0) is 4.79 Å². The van der Waals surface area contributed by atoms with Gasteiger partial charge < -0.3 is 10.3 Å². The number of carboxylic acids is 1. The highest BCUT2D eigenvalue weighted by Gasteiger charge is 2.13. The zero-order valence-corrected chi connectivity index (χ0v) is 12.0. The second-order valence-corrected chi connectivity index (χ2v) is 4.82. The van der Waals surface area contributed by atoms with E-state index in [4.69, 9.17) is 15.6 Å². The highest BCUT2D eigenvalue weighted by molar-refractivity contribution is 6.01. The Morgan fingerprint density at radius 3 is 2.30 bits per heavy atom. The summed E-state index contributed by atoms with van der Waals surface area (Å²) in [5, 5.41) is 29.4. The molecule has 0 unspecified atom stereocenters. The molecule has 0 bridgehead atoms. The van der Waals surface area contributed by atoms with Gasteiger partial charge in [0.05, 0.1) is 23.8 Å². The molecule has 0 aliphatic rings. The van der Waals surface area contributed by atoms with Crippen molar-refractivity contribution in [3.05, 3.63) is 59.4 Å². The number of rotatable bonds is 5. The van der Waals surface area contributed by atoms with Crippen LogP contribution in [0.2, 0.25) is 0 Å². The highest BCUT2D eigenvalue weighted by atomic mass is 19.1. The van der Waals surface area contributed by atoms with E-state index in [2.05, 4.69) is 5.16 Å². The van der Waals surface area contributed by atoms with Crippen molar-refractivity contribution in [3.63, 3.8) is 0 Å². The number of oxime groups is 1. The van der Waals surface area contributed by atoms with Gasteiger partial charge >= 0.3 is 5.97 Å². The average Bonchev–Trinajstić information content (AvgIpc) is 2.56. The van der Waals surface area contributed by atoms with Gasteiger partial charge in [-0.2, -0.15) is 5.26 Å². The molecule has 2 aromatic carbocycles. The summed E-state index contributed by atoms with van der Waals surface area (Å²) in [4.78, 5) is 10.6. The molecular formula is C17H13FN2O3. The van der Waals surface area contributed by atoms with Crippen LogP contribution < -0.4 is 0 Å². The topological polar surface area (TPSA) is 93.7 Å². The molecule has 2 N–H and O–H groups in total. The van der Waals surface area contributed by atoms with E-state index in [0.29, 0.717) is 11.1 Å². The van der Waals surface area contributed by atoms with E-state index in [-0.39, 0.29) is 24.1 Å². The van der Waals surface area contributed by atoms with E-state index in [1.54, 1.807) is 30.3 Å². The highest BCUT2D eigenvalue weighted by Crippen LogP contribution is 2.23. The summed E-state index contributed by atoms with van der Waals surface area (Å²) >= 11 is 0. The maximum Gasteiger partial charge on any atom is 0.303 e. The Bertz CT molecular complexity index is 792. The Balaban J connectivity index is 2.29. The normalized spacial score (nSPS) is 11.0. The van der Waals surface area contributed by atoms with Crippen LogP contribution in [0.15, 0.2) is 47.6 Å². The molecule has 116 valence electrons. The monoisotopic (exact) mass is 312 g/mol. The molecule has 0 saturated carbocycles. The summed E-state index contributed by atoms with van der Waals surface area (Å²) in [6.07, 6.45) is -0.324. The molecule has 0 spiro atoms. The summed E-state index contributed by atoms with van der Waals surface area (Å²) in [5.74, 6) is -1.66. The number of hydrogen-bond acceptors (Lipinski definition) is 4. The zero-order chi connectivity index (χ0) is 16.8. The molecule has 2 aromatic rings. The molecule has 0 fully saturated rings. The van der Waals surface area contributed by atoms with Gasteiger partial charge in [-0.05, 0) is 35.4 Å². The molecule has 0 aliphatic carbocycles. The first kappa shape index (κ1) is 16.2. The summed E-state index contributed by atoms with van der Waals surface area (Å²) in [7, 11) is 0. The number of hydrogen-bond donors (Lipinski definition) is 2. The number of carbonyl (C=O) groups is 1. The fraction of sp³-hybridized carbons (Fsp3) is 0.118. The van der Waals surface area contributed by atoms with Gasteiger partial charge in [0, 0.05) is 12.0 Å². The first-order valence-corrected chi connectivity index (χ1v) is 6.78. The Labute approximate surface area is 131 Å². The van der Waals surface area contributed by atoms with Gasteiger partial charge in [-0.25, -0.2) is 4.39 Å². The number of benzene rings is 2. The summed E-state index contributed by atoms with van der Waals surface area (Å²) < 4.78 is 14.3. The summed E-state index contributed by atoms with van der Waals surface area (Å²) in [6.45, 7) is 0. The minimum Gasteiger partial charge on any atom is -0.481 e. The van der Waals surface area contributed by atoms with Gasteiger partial charge in [-0.15, -0.1) is 0 Å². The maximum atomic E-state index is 14.3. The predicted octanol–water partition coefficient (Wildman–Crippen LogP) is 3.41. The number of aliphatic carboxylic acids is 1. The summed E-state index contributed by atoms with van der Waals surface area (Å²) in [5.41, 5.74) is 1.89. The molecule has 6 heteroatoms.